The van der Waals surface area contributed by atoms with Crippen LogP contribution < -0.4 is 5.32 Å². The van der Waals surface area contributed by atoms with Crippen LogP contribution in [-0.4, -0.2) is 25.0 Å². The highest BCUT2D eigenvalue weighted by Crippen LogP contribution is 2.29. The molecule has 1 aromatic heterocycles. The number of hydrogen-bond acceptors (Lipinski definition) is 5. The minimum absolute atomic E-state index is 0.0238. The number of aromatic hydroxyl groups is 2. The number of aryl methyl sites for hydroxylation is 1. The van der Waals surface area contributed by atoms with Gasteiger partial charge in [-0.05, 0) is 32.0 Å². The number of nitrogens with zero attached hydrogens (tertiary/aromatic N) is 3. The second-order valence-electron chi connectivity index (χ2n) is 4.65. The van der Waals surface area contributed by atoms with Crippen molar-refractivity contribution in [1.29, 1.82) is 0 Å². The highest BCUT2D eigenvalue weighted by molar-refractivity contribution is 5.40. The summed E-state index contributed by atoms with van der Waals surface area (Å²) in [5.74, 6) is 1.10. The van der Waals surface area contributed by atoms with Gasteiger partial charge >= 0.3 is 0 Å². The average molecular weight is 262 g/mol. The monoisotopic (exact) mass is 262 g/mol. The summed E-state index contributed by atoms with van der Waals surface area (Å²) < 4.78 is 1.84. The number of phenols is 2. The van der Waals surface area contributed by atoms with Gasteiger partial charge in [0.2, 0.25) is 0 Å². The van der Waals surface area contributed by atoms with Crippen molar-refractivity contribution >= 4 is 0 Å². The number of rotatable bonds is 4. The zero-order chi connectivity index (χ0) is 14.0. The predicted molar refractivity (Wildman–Crippen MR) is 70.7 cm³/mol. The first-order chi connectivity index (χ1) is 8.99. The van der Waals surface area contributed by atoms with Crippen molar-refractivity contribution in [1.82, 2.24) is 20.1 Å². The third kappa shape index (κ3) is 2.85. The zero-order valence-corrected chi connectivity index (χ0v) is 11.2. The molecule has 0 saturated carbocycles. The summed E-state index contributed by atoms with van der Waals surface area (Å²) in [6.07, 6.45) is 1.64. The van der Waals surface area contributed by atoms with Gasteiger partial charge in [0.25, 0.3) is 0 Å². The van der Waals surface area contributed by atoms with Crippen molar-refractivity contribution in [2.75, 3.05) is 0 Å². The molecule has 0 saturated heterocycles. The lowest BCUT2D eigenvalue weighted by molar-refractivity contribution is 0.422. The smallest absolute Gasteiger partial charge is 0.149 e. The van der Waals surface area contributed by atoms with Gasteiger partial charge in [0.15, 0.2) is 0 Å². The fraction of sp³-hybridized carbons (Fsp3) is 0.385. The fourth-order valence-electron chi connectivity index (χ4n) is 2.11. The molecule has 0 aliphatic heterocycles. The van der Waals surface area contributed by atoms with Crippen LogP contribution in [0.3, 0.4) is 0 Å². The lowest BCUT2D eigenvalue weighted by Gasteiger charge is -2.20. The molecule has 6 heteroatoms. The number of aromatic nitrogens is 3. The molecule has 2 unspecified atom stereocenters. The topological polar surface area (TPSA) is 83.2 Å². The number of benzene rings is 1. The Morgan fingerprint density at radius 3 is 2.58 bits per heavy atom. The van der Waals surface area contributed by atoms with E-state index in [-0.39, 0.29) is 23.6 Å². The Labute approximate surface area is 111 Å². The van der Waals surface area contributed by atoms with Gasteiger partial charge in [-0.15, -0.1) is 10.2 Å². The minimum atomic E-state index is -0.126. The van der Waals surface area contributed by atoms with Crippen molar-refractivity contribution in [2.24, 2.45) is 7.05 Å². The van der Waals surface area contributed by atoms with E-state index in [0.29, 0.717) is 5.56 Å². The molecule has 0 radical (unpaired) electrons. The SMILES string of the molecule is CC(NC(C)c1nncn1C)c1cc(O)ccc1O. The van der Waals surface area contributed by atoms with E-state index in [2.05, 4.69) is 15.5 Å². The van der Waals surface area contributed by atoms with E-state index < -0.39 is 0 Å². The molecular formula is C13H18N4O2. The van der Waals surface area contributed by atoms with Crippen LogP contribution in [-0.2, 0) is 7.05 Å². The molecule has 2 aromatic rings. The first-order valence-electron chi connectivity index (χ1n) is 6.11. The van der Waals surface area contributed by atoms with Crippen molar-refractivity contribution in [3.05, 3.63) is 35.9 Å². The lowest BCUT2D eigenvalue weighted by atomic mass is 10.1. The van der Waals surface area contributed by atoms with Crippen LogP contribution in [0.2, 0.25) is 0 Å². The minimum Gasteiger partial charge on any atom is -0.508 e. The molecule has 2 atom stereocenters. The Hall–Kier alpha value is -2.08. The molecule has 0 aliphatic rings. The van der Waals surface area contributed by atoms with Crippen molar-refractivity contribution in [2.45, 2.75) is 25.9 Å². The van der Waals surface area contributed by atoms with E-state index in [1.807, 2.05) is 25.5 Å². The first kappa shape index (κ1) is 13.4. The summed E-state index contributed by atoms with van der Waals surface area (Å²) in [5.41, 5.74) is 0.647. The highest BCUT2D eigenvalue weighted by Gasteiger charge is 2.17. The van der Waals surface area contributed by atoms with Crippen molar-refractivity contribution in [3.63, 3.8) is 0 Å². The Kier molecular flexibility index (Phi) is 3.71. The number of nitrogens with one attached hydrogen (secondary N) is 1. The Morgan fingerprint density at radius 1 is 1.21 bits per heavy atom. The molecule has 19 heavy (non-hydrogen) atoms. The van der Waals surface area contributed by atoms with E-state index in [0.717, 1.165) is 5.82 Å². The molecule has 0 bridgehead atoms. The van der Waals surface area contributed by atoms with Crippen LogP contribution >= 0.6 is 0 Å². The molecular weight excluding hydrogens is 244 g/mol. The third-order valence-electron chi connectivity index (χ3n) is 3.11. The van der Waals surface area contributed by atoms with Crippen LogP contribution in [0, 0.1) is 0 Å². The van der Waals surface area contributed by atoms with Gasteiger partial charge in [-0.1, -0.05) is 0 Å². The molecule has 0 spiro atoms. The van der Waals surface area contributed by atoms with Gasteiger partial charge in [-0.2, -0.15) is 0 Å². The summed E-state index contributed by atoms with van der Waals surface area (Å²) in [5, 5.41) is 30.5. The maximum absolute atomic E-state index is 9.82. The van der Waals surface area contributed by atoms with Crippen molar-refractivity contribution in [3.8, 4) is 11.5 Å². The van der Waals surface area contributed by atoms with Crippen LogP contribution in [0.25, 0.3) is 0 Å². The van der Waals surface area contributed by atoms with Crippen LogP contribution in [0.15, 0.2) is 24.5 Å². The second-order valence-corrected chi connectivity index (χ2v) is 4.65. The molecule has 102 valence electrons. The summed E-state index contributed by atoms with van der Waals surface area (Å²) in [6.45, 7) is 3.89. The molecule has 0 amide bonds. The van der Waals surface area contributed by atoms with E-state index in [9.17, 15) is 10.2 Å². The van der Waals surface area contributed by atoms with Crippen molar-refractivity contribution < 1.29 is 10.2 Å². The average Bonchev–Trinajstić information content (AvgIpc) is 2.78. The van der Waals surface area contributed by atoms with Gasteiger partial charge in [0, 0.05) is 18.7 Å². The number of phenolic OH excluding ortho intramolecular Hbond substituents is 2. The Bertz CT molecular complexity index is 568. The highest BCUT2D eigenvalue weighted by atomic mass is 16.3. The lowest BCUT2D eigenvalue weighted by Crippen LogP contribution is -2.24. The summed E-state index contributed by atoms with van der Waals surface area (Å²) >= 11 is 0. The summed E-state index contributed by atoms with van der Waals surface area (Å²) in [6, 6.07) is 4.34. The van der Waals surface area contributed by atoms with Gasteiger partial charge in [0.05, 0.1) is 6.04 Å². The maximum atomic E-state index is 9.82. The molecule has 2 rings (SSSR count). The van der Waals surface area contributed by atoms with Gasteiger partial charge in [0.1, 0.15) is 23.7 Å². The Morgan fingerprint density at radius 2 is 1.95 bits per heavy atom. The molecule has 1 heterocycles. The number of hydrogen-bond donors (Lipinski definition) is 3. The molecule has 0 aliphatic carbocycles. The molecule has 3 N–H and O–H groups in total. The third-order valence-corrected chi connectivity index (χ3v) is 3.11. The van der Waals surface area contributed by atoms with E-state index >= 15 is 0 Å². The van der Waals surface area contributed by atoms with Crippen LogP contribution in [0.1, 0.15) is 37.3 Å². The van der Waals surface area contributed by atoms with Gasteiger partial charge in [-0.25, -0.2) is 0 Å². The molecule has 1 aromatic carbocycles. The summed E-state index contributed by atoms with van der Waals surface area (Å²) in [4.78, 5) is 0. The first-order valence-corrected chi connectivity index (χ1v) is 6.11. The maximum Gasteiger partial charge on any atom is 0.149 e. The summed E-state index contributed by atoms with van der Waals surface area (Å²) in [7, 11) is 1.88. The Balaban J connectivity index is 2.15. The normalized spacial score (nSPS) is 14.3. The molecule has 6 nitrogen and oxygen atoms in total. The van der Waals surface area contributed by atoms with Gasteiger partial charge in [-0.3, -0.25) is 0 Å². The van der Waals surface area contributed by atoms with Crippen LogP contribution in [0.4, 0.5) is 0 Å². The van der Waals surface area contributed by atoms with E-state index in [4.69, 9.17) is 0 Å². The van der Waals surface area contributed by atoms with E-state index in [1.165, 1.54) is 12.1 Å². The standard InChI is InChI=1S/C13H18N4O2/c1-8(11-6-10(18)4-5-12(11)19)15-9(2)13-16-14-7-17(13)3/h4-9,15,18-19H,1-3H3. The largest absolute Gasteiger partial charge is 0.508 e. The van der Waals surface area contributed by atoms with E-state index in [1.54, 1.807) is 12.4 Å². The second kappa shape index (κ2) is 5.27. The predicted octanol–water partition coefficient (Wildman–Crippen LogP) is 1.64. The van der Waals surface area contributed by atoms with Gasteiger partial charge < -0.3 is 20.1 Å². The fourth-order valence-corrected chi connectivity index (χ4v) is 2.11. The molecule has 0 fully saturated rings. The van der Waals surface area contributed by atoms with Crippen LogP contribution in [0.5, 0.6) is 11.5 Å². The zero-order valence-electron chi connectivity index (χ0n) is 11.2. The quantitative estimate of drug-likeness (QED) is 0.729.